The molecule has 2 heterocycles. The first kappa shape index (κ1) is 23.9. The maximum Gasteiger partial charge on any atom is 0.352 e. The molecule has 2 aromatic carbocycles. The van der Waals surface area contributed by atoms with Crippen molar-refractivity contribution in [1.82, 2.24) is 24.1 Å². The van der Waals surface area contributed by atoms with Crippen LogP contribution in [0, 0.1) is 6.92 Å². The Kier molecular flexibility index (Phi) is 6.81. The first-order valence-electron chi connectivity index (χ1n) is 11.6. The van der Waals surface area contributed by atoms with Crippen molar-refractivity contribution in [1.29, 1.82) is 0 Å². The van der Waals surface area contributed by atoms with Crippen molar-refractivity contribution in [3.05, 3.63) is 74.9 Å². The Balaban J connectivity index is 1.72. The predicted octanol–water partition coefficient (Wildman–Crippen LogP) is 2.06. The Hall–Kier alpha value is -4.21. The number of hydrogen-bond donors (Lipinski definition) is 2. The van der Waals surface area contributed by atoms with Crippen molar-refractivity contribution in [2.24, 2.45) is 0 Å². The molecule has 0 fully saturated rings. The van der Waals surface area contributed by atoms with Crippen molar-refractivity contribution in [2.75, 3.05) is 5.32 Å². The van der Waals surface area contributed by atoms with E-state index in [1.165, 1.54) is 8.97 Å². The molecule has 1 atom stereocenters. The molecule has 2 N–H and O–H groups in total. The lowest BCUT2D eigenvalue weighted by Crippen LogP contribution is -2.34. The van der Waals surface area contributed by atoms with E-state index >= 15 is 0 Å². The Morgan fingerprint density at radius 2 is 1.74 bits per heavy atom. The number of hydrogen-bond acceptors (Lipinski definition) is 5. The number of fused-ring (bicyclic) bond motifs is 3. The van der Waals surface area contributed by atoms with Crippen LogP contribution in [-0.4, -0.2) is 36.6 Å². The summed E-state index contributed by atoms with van der Waals surface area (Å²) in [6.07, 6.45) is 0.837. The van der Waals surface area contributed by atoms with E-state index in [2.05, 4.69) is 15.7 Å². The van der Waals surface area contributed by atoms with Gasteiger partial charge in [0.05, 0.1) is 10.9 Å². The lowest BCUT2D eigenvalue weighted by molar-refractivity contribution is -0.122. The van der Waals surface area contributed by atoms with Gasteiger partial charge in [-0.25, -0.2) is 13.9 Å². The van der Waals surface area contributed by atoms with Crippen molar-refractivity contribution in [3.63, 3.8) is 0 Å². The van der Waals surface area contributed by atoms with E-state index in [9.17, 15) is 19.2 Å². The molecular weight excluding hydrogens is 448 g/mol. The quantitative estimate of drug-likeness (QED) is 0.403. The number of benzene rings is 2. The van der Waals surface area contributed by atoms with Crippen LogP contribution in [-0.2, 0) is 22.7 Å². The van der Waals surface area contributed by atoms with Gasteiger partial charge in [0.15, 0.2) is 0 Å². The zero-order valence-corrected chi connectivity index (χ0v) is 19.9. The number of aryl methyl sites for hydroxylation is 2. The zero-order chi connectivity index (χ0) is 25.1. The summed E-state index contributed by atoms with van der Waals surface area (Å²) in [6.45, 7) is 5.46. The molecule has 0 aliphatic rings. The van der Waals surface area contributed by atoms with Gasteiger partial charge in [0.1, 0.15) is 6.54 Å². The van der Waals surface area contributed by atoms with E-state index in [0.717, 1.165) is 16.7 Å². The molecule has 0 radical (unpaired) electrons. The van der Waals surface area contributed by atoms with Gasteiger partial charge in [0, 0.05) is 24.7 Å². The maximum atomic E-state index is 13.3. The molecule has 0 saturated heterocycles. The van der Waals surface area contributed by atoms with Gasteiger partial charge >= 0.3 is 5.69 Å². The Labute approximate surface area is 201 Å². The molecule has 10 nitrogen and oxygen atoms in total. The molecular formula is C25H28N6O4. The number of anilines is 1. The number of aromatic nitrogens is 4. The van der Waals surface area contributed by atoms with Gasteiger partial charge in [-0.3, -0.25) is 19.0 Å². The summed E-state index contributed by atoms with van der Waals surface area (Å²) in [6, 6.07) is 14.0. The highest BCUT2D eigenvalue weighted by molar-refractivity contribution is 5.91. The van der Waals surface area contributed by atoms with Crippen LogP contribution in [0.2, 0.25) is 0 Å². The Morgan fingerprint density at radius 1 is 1.03 bits per heavy atom. The van der Waals surface area contributed by atoms with E-state index in [1.54, 1.807) is 30.3 Å². The number of nitrogens with zero attached hydrogens (tertiary/aromatic N) is 4. The molecule has 35 heavy (non-hydrogen) atoms. The average Bonchev–Trinajstić information content (AvgIpc) is 3.16. The smallest absolute Gasteiger partial charge is 0.352 e. The molecule has 0 aliphatic heterocycles. The SMILES string of the molecule is CC[C@H](C)NC(=O)CCn1c(=O)c2ccccc2n2c(=O)n(CC(=O)Nc3ccccc3C)nc12. The Bertz CT molecular complexity index is 1530. The maximum absolute atomic E-state index is 13.3. The minimum atomic E-state index is -0.547. The predicted molar refractivity (Wildman–Crippen MR) is 134 cm³/mol. The largest absolute Gasteiger partial charge is 0.354 e. The van der Waals surface area contributed by atoms with Crippen molar-refractivity contribution in [2.45, 2.75) is 52.7 Å². The number of carbonyl (C=O) groups excluding carboxylic acids is 2. The highest BCUT2D eigenvalue weighted by atomic mass is 16.2. The van der Waals surface area contributed by atoms with E-state index in [4.69, 9.17) is 0 Å². The van der Waals surface area contributed by atoms with Gasteiger partial charge in [-0.2, -0.15) is 0 Å². The standard InChI is InChI=1S/C25H28N6O4/c1-4-17(3)26-21(32)13-14-29-23(34)18-10-6-8-12-20(18)31-24(29)28-30(25(31)35)15-22(33)27-19-11-7-5-9-16(19)2/h5-12,17H,4,13-15H2,1-3H3,(H,26,32)(H,27,33)/t17-/m0/s1. The molecule has 10 heteroatoms. The summed E-state index contributed by atoms with van der Waals surface area (Å²) in [7, 11) is 0. The average molecular weight is 477 g/mol. The second-order valence-corrected chi connectivity index (χ2v) is 8.54. The molecule has 4 aromatic rings. The molecule has 2 amide bonds. The molecule has 4 rings (SSSR count). The van der Waals surface area contributed by atoms with Crippen LogP contribution in [0.1, 0.15) is 32.3 Å². The number of amides is 2. The normalized spacial score (nSPS) is 12.1. The molecule has 0 unspecified atom stereocenters. The number of para-hydroxylation sites is 2. The lowest BCUT2D eigenvalue weighted by atomic mass is 10.2. The zero-order valence-electron chi connectivity index (χ0n) is 19.9. The number of rotatable bonds is 8. The fraction of sp³-hybridized carbons (Fsp3) is 0.320. The molecule has 0 bridgehead atoms. The van der Waals surface area contributed by atoms with Crippen molar-refractivity contribution in [3.8, 4) is 0 Å². The highest BCUT2D eigenvalue weighted by Gasteiger charge is 2.19. The fourth-order valence-electron chi connectivity index (χ4n) is 3.87. The number of carbonyl (C=O) groups is 2. The summed E-state index contributed by atoms with van der Waals surface area (Å²) in [4.78, 5) is 51.5. The topological polar surface area (TPSA) is 120 Å². The van der Waals surface area contributed by atoms with Crippen LogP contribution in [0.3, 0.4) is 0 Å². The molecule has 0 aliphatic carbocycles. The second-order valence-electron chi connectivity index (χ2n) is 8.54. The Morgan fingerprint density at radius 3 is 2.49 bits per heavy atom. The first-order valence-corrected chi connectivity index (χ1v) is 11.6. The third kappa shape index (κ3) is 4.86. The van der Waals surface area contributed by atoms with Gasteiger partial charge < -0.3 is 10.6 Å². The van der Waals surface area contributed by atoms with Gasteiger partial charge in [0.2, 0.25) is 17.6 Å². The summed E-state index contributed by atoms with van der Waals surface area (Å²) in [5.74, 6) is -0.536. The summed E-state index contributed by atoms with van der Waals surface area (Å²) < 4.78 is 3.66. The van der Waals surface area contributed by atoms with Crippen LogP contribution in [0.25, 0.3) is 16.7 Å². The number of nitrogens with one attached hydrogen (secondary N) is 2. The third-order valence-corrected chi connectivity index (χ3v) is 5.98. The molecule has 182 valence electrons. The van der Waals surface area contributed by atoms with Crippen molar-refractivity contribution < 1.29 is 9.59 Å². The van der Waals surface area contributed by atoms with E-state index in [-0.39, 0.29) is 42.8 Å². The van der Waals surface area contributed by atoms with Gasteiger partial charge in [-0.05, 0) is 44.0 Å². The van der Waals surface area contributed by atoms with E-state index < -0.39 is 11.6 Å². The van der Waals surface area contributed by atoms with Crippen LogP contribution in [0.15, 0.2) is 58.1 Å². The second kappa shape index (κ2) is 9.96. The van der Waals surface area contributed by atoms with Gasteiger partial charge in [-0.1, -0.05) is 37.3 Å². The molecule has 0 spiro atoms. The first-order chi connectivity index (χ1) is 16.8. The van der Waals surface area contributed by atoms with E-state index in [0.29, 0.717) is 16.6 Å². The summed E-state index contributed by atoms with van der Waals surface area (Å²) >= 11 is 0. The minimum absolute atomic E-state index is 0.0180. The summed E-state index contributed by atoms with van der Waals surface area (Å²) in [5, 5.41) is 10.3. The van der Waals surface area contributed by atoms with Gasteiger partial charge in [0.25, 0.3) is 5.56 Å². The van der Waals surface area contributed by atoms with E-state index in [1.807, 2.05) is 39.0 Å². The fourth-order valence-corrected chi connectivity index (χ4v) is 3.87. The van der Waals surface area contributed by atoms with Crippen LogP contribution < -0.4 is 21.9 Å². The molecule has 2 aromatic heterocycles. The summed E-state index contributed by atoms with van der Waals surface area (Å²) in [5.41, 5.74) is 1.02. The highest BCUT2D eigenvalue weighted by Crippen LogP contribution is 2.14. The molecule has 0 saturated carbocycles. The van der Waals surface area contributed by atoms with Crippen LogP contribution in [0.5, 0.6) is 0 Å². The minimum Gasteiger partial charge on any atom is -0.354 e. The monoisotopic (exact) mass is 476 g/mol. The van der Waals surface area contributed by atoms with Crippen molar-refractivity contribution >= 4 is 34.2 Å². The van der Waals surface area contributed by atoms with Gasteiger partial charge in [-0.15, -0.1) is 5.10 Å². The third-order valence-electron chi connectivity index (χ3n) is 5.98. The van der Waals surface area contributed by atoms with Crippen LogP contribution in [0.4, 0.5) is 5.69 Å². The lowest BCUT2D eigenvalue weighted by Gasteiger charge is -2.12. The van der Waals surface area contributed by atoms with Crippen LogP contribution >= 0.6 is 0 Å².